The number of carbonyl (C=O) groups is 1. The van der Waals surface area contributed by atoms with Gasteiger partial charge in [0.05, 0.1) is 0 Å². The van der Waals surface area contributed by atoms with Crippen LogP contribution in [0.4, 0.5) is 0 Å². The Hall–Kier alpha value is -0.830. The second-order valence-corrected chi connectivity index (χ2v) is 2.62. The van der Waals surface area contributed by atoms with Crippen LogP contribution in [0.1, 0.15) is 33.6 Å². The molecular weight excluding hydrogens is 154 g/mol. The maximum Gasteiger partial charge on any atom is 0.333 e. The van der Waals surface area contributed by atoms with Gasteiger partial charge in [-0.2, -0.15) is 0 Å². The summed E-state index contributed by atoms with van der Waals surface area (Å²) in [4.78, 5) is 10.9. The maximum absolute atomic E-state index is 10.9. The molecule has 0 atom stereocenters. The highest BCUT2D eigenvalue weighted by Gasteiger charge is 2.09. The van der Waals surface area contributed by atoms with Gasteiger partial charge in [0.1, 0.15) is 6.10 Å². The van der Waals surface area contributed by atoms with Gasteiger partial charge in [-0.05, 0) is 19.8 Å². The van der Waals surface area contributed by atoms with Crippen molar-refractivity contribution in [2.75, 3.05) is 0 Å². The smallest absolute Gasteiger partial charge is 0.333 e. The molecule has 0 saturated heterocycles. The van der Waals surface area contributed by atoms with E-state index >= 15 is 0 Å². The van der Waals surface area contributed by atoms with E-state index in [4.69, 9.17) is 4.74 Å². The van der Waals surface area contributed by atoms with E-state index in [-0.39, 0.29) is 18.2 Å². The number of rotatable bonds is 4. The molecule has 0 bridgehead atoms. The van der Waals surface area contributed by atoms with Crippen LogP contribution in [0, 0.1) is 0 Å². The first-order valence-corrected chi connectivity index (χ1v) is 3.98. The Morgan fingerprint density at radius 3 is 2.08 bits per heavy atom. The molecule has 0 aromatic carbocycles. The summed E-state index contributed by atoms with van der Waals surface area (Å²) in [5.74, 6) is -0.279. The number of hydrogen-bond acceptors (Lipinski definition) is 3. The second kappa shape index (κ2) is 6.85. The van der Waals surface area contributed by atoms with E-state index in [2.05, 4.69) is 6.58 Å². The van der Waals surface area contributed by atoms with Crippen molar-refractivity contribution in [1.82, 2.24) is 6.15 Å². The van der Waals surface area contributed by atoms with Gasteiger partial charge >= 0.3 is 5.97 Å². The molecule has 0 saturated carbocycles. The predicted octanol–water partition coefficient (Wildman–Crippen LogP) is 2.46. The normalized spacial score (nSPS) is 9.00. The Labute approximate surface area is 74.4 Å². The molecule has 12 heavy (non-hydrogen) atoms. The average Bonchev–Trinajstić information content (AvgIpc) is 1.99. The number of hydrogen-bond donors (Lipinski definition) is 1. The monoisotopic (exact) mass is 173 g/mol. The Morgan fingerprint density at radius 1 is 1.42 bits per heavy atom. The summed E-state index contributed by atoms with van der Waals surface area (Å²) in [6, 6.07) is 0. The zero-order valence-electron chi connectivity index (χ0n) is 8.22. The zero-order valence-corrected chi connectivity index (χ0v) is 8.22. The lowest BCUT2D eigenvalue weighted by molar-refractivity contribution is -0.144. The summed E-state index contributed by atoms with van der Waals surface area (Å²) in [6.07, 6.45) is 1.80. The lowest BCUT2D eigenvalue weighted by atomic mass is 10.2. The lowest BCUT2D eigenvalue weighted by Crippen LogP contribution is -2.16. The molecule has 0 aliphatic heterocycles. The Kier molecular flexibility index (Phi) is 7.85. The van der Waals surface area contributed by atoms with Crippen LogP contribution in [-0.2, 0) is 9.53 Å². The molecule has 3 heteroatoms. The van der Waals surface area contributed by atoms with Crippen LogP contribution in [0.25, 0.3) is 0 Å². The van der Waals surface area contributed by atoms with Crippen LogP contribution in [-0.4, -0.2) is 12.1 Å². The summed E-state index contributed by atoms with van der Waals surface area (Å²) >= 11 is 0. The van der Waals surface area contributed by atoms with E-state index < -0.39 is 0 Å². The minimum Gasteiger partial charge on any atom is -0.459 e. The first-order valence-electron chi connectivity index (χ1n) is 3.98. The van der Waals surface area contributed by atoms with Gasteiger partial charge in [-0.15, -0.1) is 0 Å². The summed E-state index contributed by atoms with van der Waals surface area (Å²) in [5.41, 5.74) is 0.469. The molecule has 0 amide bonds. The minimum atomic E-state index is -0.279. The Morgan fingerprint density at radius 2 is 1.83 bits per heavy atom. The fourth-order valence-corrected chi connectivity index (χ4v) is 0.707. The van der Waals surface area contributed by atoms with Gasteiger partial charge in [-0.25, -0.2) is 4.79 Å². The van der Waals surface area contributed by atoms with Crippen molar-refractivity contribution in [2.24, 2.45) is 0 Å². The lowest BCUT2D eigenvalue weighted by Gasteiger charge is -2.13. The van der Waals surface area contributed by atoms with Gasteiger partial charge in [0.25, 0.3) is 0 Å². The molecule has 0 aromatic heterocycles. The molecule has 0 aromatic rings. The molecule has 3 nitrogen and oxygen atoms in total. The van der Waals surface area contributed by atoms with Crippen molar-refractivity contribution in [2.45, 2.75) is 39.7 Å². The fraction of sp³-hybridized carbons (Fsp3) is 0.667. The molecule has 0 aliphatic carbocycles. The highest BCUT2D eigenvalue weighted by molar-refractivity contribution is 5.87. The van der Waals surface area contributed by atoms with Crippen LogP contribution in [0.15, 0.2) is 12.2 Å². The number of carbonyl (C=O) groups excluding carboxylic acids is 1. The van der Waals surface area contributed by atoms with Gasteiger partial charge in [-0.3, -0.25) is 0 Å². The molecule has 0 unspecified atom stereocenters. The average molecular weight is 173 g/mol. The third-order valence-electron chi connectivity index (χ3n) is 1.53. The first kappa shape index (κ1) is 13.7. The minimum absolute atomic E-state index is 0. The SMILES string of the molecule is C=C(C)C(=O)OC(CC)CC.N. The van der Waals surface area contributed by atoms with Gasteiger partial charge in [0.2, 0.25) is 0 Å². The largest absolute Gasteiger partial charge is 0.459 e. The maximum atomic E-state index is 10.9. The van der Waals surface area contributed by atoms with E-state index in [9.17, 15) is 4.79 Å². The van der Waals surface area contributed by atoms with Gasteiger partial charge in [0.15, 0.2) is 0 Å². The highest BCUT2D eigenvalue weighted by atomic mass is 16.5. The summed E-state index contributed by atoms with van der Waals surface area (Å²) in [5, 5.41) is 0. The van der Waals surface area contributed by atoms with Crippen molar-refractivity contribution in [3.63, 3.8) is 0 Å². The van der Waals surface area contributed by atoms with E-state index in [1.165, 1.54) is 0 Å². The number of esters is 1. The standard InChI is InChI=1S/C9H16O2.H3N/c1-5-8(6-2)11-9(10)7(3)4;/h8H,3,5-6H2,1-2,4H3;1H3. The van der Waals surface area contributed by atoms with Crippen LogP contribution in [0.3, 0.4) is 0 Å². The van der Waals surface area contributed by atoms with Crippen LogP contribution in [0.2, 0.25) is 0 Å². The molecule has 0 spiro atoms. The van der Waals surface area contributed by atoms with Gasteiger partial charge < -0.3 is 10.9 Å². The third kappa shape index (κ3) is 4.91. The Bertz CT molecular complexity index is 151. The third-order valence-corrected chi connectivity index (χ3v) is 1.53. The molecule has 3 N–H and O–H groups in total. The summed E-state index contributed by atoms with van der Waals surface area (Å²) in [7, 11) is 0. The van der Waals surface area contributed by atoms with Crippen molar-refractivity contribution < 1.29 is 9.53 Å². The molecule has 0 fully saturated rings. The molecule has 72 valence electrons. The molecule has 0 rings (SSSR count). The zero-order chi connectivity index (χ0) is 8.85. The molecule has 0 heterocycles. The van der Waals surface area contributed by atoms with Gasteiger partial charge in [0, 0.05) is 5.57 Å². The summed E-state index contributed by atoms with van der Waals surface area (Å²) in [6.45, 7) is 9.16. The van der Waals surface area contributed by atoms with E-state index in [1.807, 2.05) is 13.8 Å². The van der Waals surface area contributed by atoms with Crippen molar-refractivity contribution >= 4 is 5.97 Å². The molecular formula is C9H19NO2. The highest BCUT2D eigenvalue weighted by Crippen LogP contribution is 2.05. The van der Waals surface area contributed by atoms with E-state index in [0.29, 0.717) is 5.57 Å². The second-order valence-electron chi connectivity index (χ2n) is 2.62. The van der Waals surface area contributed by atoms with Crippen molar-refractivity contribution in [1.29, 1.82) is 0 Å². The predicted molar refractivity (Wildman–Crippen MR) is 50.3 cm³/mol. The molecule has 0 radical (unpaired) electrons. The van der Waals surface area contributed by atoms with Crippen LogP contribution in [0.5, 0.6) is 0 Å². The quantitative estimate of drug-likeness (QED) is 0.524. The molecule has 0 aliphatic rings. The number of ether oxygens (including phenoxy) is 1. The topological polar surface area (TPSA) is 61.3 Å². The van der Waals surface area contributed by atoms with Gasteiger partial charge in [-0.1, -0.05) is 20.4 Å². The fourth-order valence-electron chi connectivity index (χ4n) is 0.707. The van der Waals surface area contributed by atoms with E-state index in [1.54, 1.807) is 6.92 Å². The van der Waals surface area contributed by atoms with E-state index in [0.717, 1.165) is 12.8 Å². The van der Waals surface area contributed by atoms with Crippen LogP contribution >= 0.6 is 0 Å². The van der Waals surface area contributed by atoms with Crippen molar-refractivity contribution in [3.05, 3.63) is 12.2 Å². The first-order chi connectivity index (χ1) is 5.11. The van der Waals surface area contributed by atoms with Crippen molar-refractivity contribution in [3.8, 4) is 0 Å². The summed E-state index contributed by atoms with van der Waals surface area (Å²) < 4.78 is 5.07. The Balaban J connectivity index is 0. The van der Waals surface area contributed by atoms with Crippen LogP contribution < -0.4 is 6.15 Å².